The zero-order valence-electron chi connectivity index (χ0n) is 9.05. The summed E-state index contributed by atoms with van der Waals surface area (Å²) in [5.41, 5.74) is 1.62. The molecule has 0 aliphatic rings. The number of aromatic nitrogens is 1. The summed E-state index contributed by atoms with van der Waals surface area (Å²) < 4.78 is 23.9. The van der Waals surface area contributed by atoms with Crippen molar-refractivity contribution >= 4 is 10.0 Å². The Morgan fingerprint density at radius 1 is 1.50 bits per heavy atom. The topological polar surface area (TPSA) is 79.3 Å². The number of rotatable bonds is 6. The predicted octanol–water partition coefficient (Wildman–Crippen LogP) is 0.0656. The van der Waals surface area contributed by atoms with Crippen molar-refractivity contribution in [2.75, 3.05) is 12.8 Å². The van der Waals surface area contributed by atoms with E-state index >= 15 is 0 Å². The van der Waals surface area contributed by atoms with E-state index in [9.17, 15) is 8.42 Å². The van der Waals surface area contributed by atoms with Crippen LogP contribution in [0.15, 0.2) is 18.5 Å². The third kappa shape index (κ3) is 5.20. The standard InChI is InChI=1S/C10H15N2O3S/c1-16(14,15)12-4-2-3-9-5-10(8-13)7-11-6-9/h3,5-7,12-13H,2,4,8H2,1H3. The molecule has 0 fully saturated rings. The van der Waals surface area contributed by atoms with E-state index in [-0.39, 0.29) is 6.61 Å². The van der Waals surface area contributed by atoms with Gasteiger partial charge < -0.3 is 5.11 Å². The van der Waals surface area contributed by atoms with Crippen LogP contribution in [0.1, 0.15) is 17.5 Å². The molecule has 0 amide bonds. The van der Waals surface area contributed by atoms with E-state index < -0.39 is 10.0 Å². The molecular weight excluding hydrogens is 228 g/mol. The van der Waals surface area contributed by atoms with Crippen molar-refractivity contribution in [3.63, 3.8) is 0 Å². The molecule has 1 heterocycles. The second kappa shape index (κ2) is 5.93. The number of aliphatic hydroxyl groups excluding tert-OH is 1. The first-order valence-electron chi connectivity index (χ1n) is 4.84. The van der Waals surface area contributed by atoms with Gasteiger partial charge in [-0.05, 0) is 24.0 Å². The van der Waals surface area contributed by atoms with Crippen LogP contribution in [-0.2, 0) is 16.6 Å². The molecule has 5 nitrogen and oxygen atoms in total. The van der Waals surface area contributed by atoms with Gasteiger partial charge in [0, 0.05) is 18.9 Å². The molecule has 0 bridgehead atoms. The maximum absolute atomic E-state index is 10.8. The molecule has 2 N–H and O–H groups in total. The highest BCUT2D eigenvalue weighted by molar-refractivity contribution is 7.88. The highest BCUT2D eigenvalue weighted by Gasteiger charge is 2.00. The average Bonchev–Trinajstić information content (AvgIpc) is 2.23. The lowest BCUT2D eigenvalue weighted by Crippen LogP contribution is -2.23. The first-order valence-corrected chi connectivity index (χ1v) is 6.73. The smallest absolute Gasteiger partial charge is 0.208 e. The van der Waals surface area contributed by atoms with Gasteiger partial charge in [-0.15, -0.1) is 0 Å². The molecule has 16 heavy (non-hydrogen) atoms. The van der Waals surface area contributed by atoms with Crippen LogP contribution < -0.4 is 4.72 Å². The molecule has 0 unspecified atom stereocenters. The number of nitrogens with zero attached hydrogens (tertiary/aromatic N) is 1. The van der Waals surface area contributed by atoms with Crippen molar-refractivity contribution in [1.82, 2.24) is 9.71 Å². The Labute approximate surface area is 95.6 Å². The van der Waals surface area contributed by atoms with E-state index in [1.807, 2.05) is 12.5 Å². The minimum atomic E-state index is -3.12. The molecular formula is C10H15N2O3S. The van der Waals surface area contributed by atoms with Crippen molar-refractivity contribution in [3.05, 3.63) is 36.0 Å². The van der Waals surface area contributed by atoms with Gasteiger partial charge in [0.15, 0.2) is 0 Å². The van der Waals surface area contributed by atoms with Crippen molar-refractivity contribution < 1.29 is 13.5 Å². The Bertz CT molecular complexity index is 431. The lowest BCUT2D eigenvalue weighted by Gasteiger charge is -2.03. The monoisotopic (exact) mass is 243 g/mol. The number of aliphatic hydroxyl groups is 1. The summed E-state index contributed by atoms with van der Waals surface area (Å²) >= 11 is 0. The Kier molecular flexibility index (Phi) is 4.85. The van der Waals surface area contributed by atoms with E-state index in [1.165, 1.54) is 0 Å². The molecule has 0 spiro atoms. The molecule has 0 aliphatic carbocycles. The largest absolute Gasteiger partial charge is 0.392 e. The van der Waals surface area contributed by atoms with Crippen LogP contribution in [0.2, 0.25) is 0 Å². The van der Waals surface area contributed by atoms with Crippen LogP contribution in [0.5, 0.6) is 0 Å². The second-order valence-corrected chi connectivity index (χ2v) is 5.28. The fraction of sp³-hybridized carbons (Fsp3) is 0.400. The van der Waals surface area contributed by atoms with Gasteiger partial charge >= 0.3 is 0 Å². The Balaban J connectivity index is 2.37. The maximum Gasteiger partial charge on any atom is 0.208 e. The third-order valence-electron chi connectivity index (χ3n) is 1.89. The molecule has 0 atom stereocenters. The summed E-state index contributed by atoms with van der Waals surface area (Å²) in [6, 6.07) is 1.81. The van der Waals surface area contributed by atoms with Gasteiger partial charge in [-0.2, -0.15) is 0 Å². The van der Waals surface area contributed by atoms with Gasteiger partial charge in [0.05, 0.1) is 12.9 Å². The fourth-order valence-corrected chi connectivity index (χ4v) is 1.68. The molecule has 0 aromatic carbocycles. The summed E-state index contributed by atoms with van der Waals surface area (Å²) in [5, 5.41) is 8.89. The predicted molar refractivity (Wildman–Crippen MR) is 61.0 cm³/mol. The van der Waals surface area contributed by atoms with Crippen LogP contribution >= 0.6 is 0 Å². The number of pyridine rings is 1. The van der Waals surface area contributed by atoms with E-state index in [4.69, 9.17) is 5.11 Å². The minimum Gasteiger partial charge on any atom is -0.392 e. The lowest BCUT2D eigenvalue weighted by atomic mass is 10.1. The van der Waals surface area contributed by atoms with Crippen LogP contribution in [0.25, 0.3) is 0 Å². The zero-order valence-corrected chi connectivity index (χ0v) is 9.87. The molecule has 0 aliphatic heterocycles. The highest BCUT2D eigenvalue weighted by atomic mass is 32.2. The van der Waals surface area contributed by atoms with Crippen molar-refractivity contribution in [1.29, 1.82) is 0 Å². The fourth-order valence-electron chi connectivity index (χ4n) is 1.19. The van der Waals surface area contributed by atoms with Gasteiger partial charge in [-0.1, -0.05) is 6.07 Å². The number of nitrogens with one attached hydrogen (secondary N) is 1. The van der Waals surface area contributed by atoms with Gasteiger partial charge in [0.1, 0.15) is 0 Å². The first kappa shape index (κ1) is 13.1. The average molecular weight is 243 g/mol. The number of sulfonamides is 1. The molecule has 1 aromatic heterocycles. The third-order valence-corrected chi connectivity index (χ3v) is 2.62. The van der Waals surface area contributed by atoms with Gasteiger partial charge in [-0.25, -0.2) is 13.1 Å². The van der Waals surface area contributed by atoms with E-state index in [1.54, 1.807) is 12.4 Å². The molecule has 0 saturated heterocycles. The summed E-state index contributed by atoms with van der Waals surface area (Å²) in [4.78, 5) is 3.95. The van der Waals surface area contributed by atoms with Crippen molar-refractivity contribution in [3.8, 4) is 0 Å². The van der Waals surface area contributed by atoms with Crippen molar-refractivity contribution in [2.24, 2.45) is 0 Å². The van der Waals surface area contributed by atoms with Gasteiger partial charge in [0.2, 0.25) is 10.0 Å². The van der Waals surface area contributed by atoms with Crippen LogP contribution in [0.3, 0.4) is 0 Å². The van der Waals surface area contributed by atoms with Gasteiger partial charge in [-0.3, -0.25) is 4.98 Å². The molecule has 1 radical (unpaired) electrons. The second-order valence-electron chi connectivity index (χ2n) is 3.44. The quantitative estimate of drug-likeness (QED) is 0.693. The summed E-state index contributed by atoms with van der Waals surface area (Å²) in [6.07, 6.45) is 6.83. The molecule has 1 rings (SSSR count). The normalized spacial score (nSPS) is 11.6. The van der Waals surface area contributed by atoms with Crippen molar-refractivity contribution in [2.45, 2.75) is 13.0 Å². The maximum atomic E-state index is 10.8. The van der Waals surface area contributed by atoms with E-state index in [2.05, 4.69) is 9.71 Å². The van der Waals surface area contributed by atoms with Crippen LogP contribution in [-0.4, -0.2) is 31.3 Å². The van der Waals surface area contributed by atoms with Crippen LogP contribution in [0.4, 0.5) is 0 Å². The molecule has 0 saturated carbocycles. The van der Waals surface area contributed by atoms with E-state index in [0.717, 1.165) is 17.4 Å². The first-order chi connectivity index (χ1) is 7.51. The van der Waals surface area contributed by atoms with Crippen LogP contribution in [0, 0.1) is 6.42 Å². The molecule has 89 valence electrons. The lowest BCUT2D eigenvalue weighted by molar-refractivity contribution is 0.281. The Morgan fingerprint density at radius 2 is 2.25 bits per heavy atom. The Morgan fingerprint density at radius 3 is 2.88 bits per heavy atom. The molecule has 1 aromatic rings. The Hall–Kier alpha value is -0.980. The number of hydrogen-bond donors (Lipinski definition) is 2. The molecule has 6 heteroatoms. The minimum absolute atomic E-state index is 0.0454. The SMILES string of the molecule is CS(=O)(=O)NCC[CH]c1cncc(CO)c1. The van der Waals surface area contributed by atoms with Gasteiger partial charge in [0.25, 0.3) is 0 Å². The highest BCUT2D eigenvalue weighted by Crippen LogP contribution is 2.06. The summed E-state index contributed by atoms with van der Waals surface area (Å²) in [6.45, 7) is 0.318. The van der Waals surface area contributed by atoms with E-state index in [0.29, 0.717) is 13.0 Å². The number of hydrogen-bond acceptors (Lipinski definition) is 4. The zero-order chi connectivity index (χ0) is 12.0. The summed E-state index contributed by atoms with van der Waals surface area (Å²) in [7, 11) is -3.12. The summed E-state index contributed by atoms with van der Waals surface area (Å²) in [5.74, 6) is 0.